The van der Waals surface area contributed by atoms with Crippen molar-refractivity contribution >= 4 is 54.6 Å². The van der Waals surface area contributed by atoms with Gasteiger partial charge in [-0.3, -0.25) is 14.2 Å². The van der Waals surface area contributed by atoms with E-state index in [1.54, 1.807) is 12.1 Å². The molecular formula is C29H28ClN3O5S2. The maximum absolute atomic E-state index is 13.1. The predicted octanol–water partition coefficient (Wildman–Crippen LogP) is 6.43. The smallest absolute Gasteiger partial charge is 0.263 e. The van der Waals surface area contributed by atoms with E-state index in [1.165, 1.54) is 42.5 Å². The Balaban J connectivity index is 1.52. The van der Waals surface area contributed by atoms with Gasteiger partial charge in [0.25, 0.3) is 26.0 Å². The molecule has 0 heterocycles. The van der Waals surface area contributed by atoms with Crippen LogP contribution in [0.3, 0.4) is 0 Å². The number of hydrogen-bond donors (Lipinski definition) is 3. The third kappa shape index (κ3) is 6.64. The van der Waals surface area contributed by atoms with E-state index in [9.17, 15) is 21.6 Å². The summed E-state index contributed by atoms with van der Waals surface area (Å²) >= 11 is 6.20. The summed E-state index contributed by atoms with van der Waals surface area (Å²) in [6.45, 7) is 7.34. The number of carbonyl (C=O) groups excluding carboxylic acids is 1. The van der Waals surface area contributed by atoms with E-state index < -0.39 is 26.0 Å². The summed E-state index contributed by atoms with van der Waals surface area (Å²) in [7, 11) is -7.96. The number of rotatable bonds is 8. The molecule has 0 aliphatic heterocycles. The monoisotopic (exact) mass is 597 g/mol. The molecule has 0 spiro atoms. The Labute approximate surface area is 239 Å². The Morgan fingerprint density at radius 3 is 1.88 bits per heavy atom. The molecule has 40 heavy (non-hydrogen) atoms. The highest BCUT2D eigenvalue weighted by atomic mass is 35.5. The van der Waals surface area contributed by atoms with Crippen LogP contribution in [-0.2, 0) is 20.0 Å². The third-order valence-electron chi connectivity index (χ3n) is 6.10. The zero-order valence-corrected chi connectivity index (χ0v) is 24.6. The van der Waals surface area contributed by atoms with Crippen LogP contribution in [0.5, 0.6) is 0 Å². The molecular weight excluding hydrogens is 570 g/mol. The summed E-state index contributed by atoms with van der Waals surface area (Å²) in [6.07, 6.45) is 0. The van der Waals surface area contributed by atoms with Crippen LogP contribution in [0.15, 0.2) is 88.7 Å². The van der Waals surface area contributed by atoms with Crippen LogP contribution in [0, 0.1) is 27.7 Å². The summed E-state index contributed by atoms with van der Waals surface area (Å²) < 4.78 is 57.1. The van der Waals surface area contributed by atoms with Crippen LogP contribution >= 0.6 is 11.6 Å². The summed E-state index contributed by atoms with van der Waals surface area (Å²) in [4.78, 5) is 12.7. The molecule has 0 unspecified atom stereocenters. The van der Waals surface area contributed by atoms with Crippen molar-refractivity contribution < 1.29 is 21.6 Å². The zero-order valence-electron chi connectivity index (χ0n) is 22.2. The van der Waals surface area contributed by atoms with E-state index in [1.807, 2.05) is 52.0 Å². The second-order valence-electron chi connectivity index (χ2n) is 9.48. The third-order valence-corrected chi connectivity index (χ3v) is 9.33. The van der Waals surface area contributed by atoms with E-state index in [-0.39, 0.29) is 20.4 Å². The van der Waals surface area contributed by atoms with Gasteiger partial charge in [0.05, 0.1) is 15.6 Å². The van der Waals surface area contributed by atoms with Gasteiger partial charge in [-0.25, -0.2) is 16.8 Å². The average Bonchev–Trinajstić information content (AvgIpc) is 2.86. The second kappa shape index (κ2) is 11.3. The Kier molecular flexibility index (Phi) is 8.25. The van der Waals surface area contributed by atoms with Crippen molar-refractivity contribution in [2.45, 2.75) is 37.5 Å². The maximum atomic E-state index is 13.1. The number of benzene rings is 4. The fraction of sp³-hybridized carbons (Fsp3) is 0.138. The van der Waals surface area contributed by atoms with Crippen molar-refractivity contribution in [3.63, 3.8) is 0 Å². The number of amides is 1. The first-order valence-electron chi connectivity index (χ1n) is 12.2. The number of hydrogen-bond acceptors (Lipinski definition) is 5. The van der Waals surface area contributed by atoms with E-state index in [2.05, 4.69) is 14.8 Å². The van der Waals surface area contributed by atoms with Crippen molar-refractivity contribution in [2.75, 3.05) is 14.8 Å². The Hall–Kier alpha value is -3.86. The fourth-order valence-corrected chi connectivity index (χ4v) is 6.95. The van der Waals surface area contributed by atoms with Gasteiger partial charge in [-0.15, -0.1) is 0 Å². The Morgan fingerprint density at radius 1 is 0.675 bits per heavy atom. The molecule has 4 aromatic carbocycles. The quantitative estimate of drug-likeness (QED) is 0.216. The van der Waals surface area contributed by atoms with E-state index in [0.717, 1.165) is 22.3 Å². The van der Waals surface area contributed by atoms with Crippen molar-refractivity contribution in [3.05, 3.63) is 112 Å². The molecule has 1 amide bonds. The highest BCUT2D eigenvalue weighted by molar-refractivity contribution is 7.93. The molecule has 8 nitrogen and oxygen atoms in total. The number of sulfonamides is 2. The number of halogens is 1. The molecule has 3 N–H and O–H groups in total. The molecule has 0 atom stereocenters. The standard InChI is InChI=1S/C29H28ClN3O5S2/c1-18-14-19(2)16-24(15-18)32-40(37,38)27-17-22(8-13-26(27)30)29(34)31-23-9-11-25(12-10-23)39(35,36)33-28-20(3)6-5-7-21(28)4/h5-17,32-33H,1-4H3,(H,31,34). The zero-order chi connectivity index (χ0) is 29.2. The molecule has 0 aliphatic rings. The lowest BCUT2D eigenvalue weighted by molar-refractivity contribution is 0.102. The summed E-state index contributed by atoms with van der Waals surface area (Å²) in [5.41, 5.74) is 4.63. The fourth-order valence-electron chi connectivity index (χ4n) is 4.18. The maximum Gasteiger partial charge on any atom is 0.263 e. The van der Waals surface area contributed by atoms with Gasteiger partial charge in [0.2, 0.25) is 0 Å². The van der Waals surface area contributed by atoms with Crippen LogP contribution in [0.1, 0.15) is 32.6 Å². The molecule has 0 fully saturated rings. The minimum absolute atomic E-state index is 0.0190. The predicted molar refractivity (Wildman–Crippen MR) is 159 cm³/mol. The number of carbonyl (C=O) groups is 1. The van der Waals surface area contributed by atoms with Crippen molar-refractivity contribution in [3.8, 4) is 0 Å². The summed E-state index contributed by atoms with van der Waals surface area (Å²) in [5, 5.41) is 2.61. The van der Waals surface area contributed by atoms with Crippen molar-refractivity contribution in [2.24, 2.45) is 0 Å². The molecule has 208 valence electrons. The molecule has 0 aromatic heterocycles. The molecule has 0 radical (unpaired) electrons. The molecule has 0 bridgehead atoms. The van der Waals surface area contributed by atoms with Crippen LogP contribution in [0.25, 0.3) is 0 Å². The largest absolute Gasteiger partial charge is 0.322 e. The first-order chi connectivity index (χ1) is 18.7. The molecule has 4 rings (SSSR count). The molecule has 0 saturated heterocycles. The minimum atomic E-state index is -4.10. The van der Waals surface area contributed by atoms with Gasteiger partial charge >= 0.3 is 0 Å². The number of aryl methyl sites for hydroxylation is 4. The summed E-state index contributed by atoms with van der Waals surface area (Å²) in [6, 6.07) is 20.4. The number of para-hydroxylation sites is 1. The molecule has 11 heteroatoms. The van der Waals surface area contributed by atoms with Gasteiger partial charge in [-0.1, -0.05) is 35.9 Å². The molecule has 4 aromatic rings. The Bertz CT molecular complexity index is 1780. The summed E-state index contributed by atoms with van der Waals surface area (Å²) in [5.74, 6) is -0.594. The highest BCUT2D eigenvalue weighted by Gasteiger charge is 2.21. The van der Waals surface area contributed by atoms with E-state index >= 15 is 0 Å². The number of nitrogens with one attached hydrogen (secondary N) is 3. The van der Waals surface area contributed by atoms with Gasteiger partial charge in [0, 0.05) is 16.9 Å². The lowest BCUT2D eigenvalue weighted by Gasteiger charge is -2.14. The minimum Gasteiger partial charge on any atom is -0.322 e. The molecule has 0 saturated carbocycles. The van der Waals surface area contributed by atoms with Gasteiger partial charge < -0.3 is 5.32 Å². The first kappa shape index (κ1) is 29.1. The SMILES string of the molecule is Cc1cc(C)cc(NS(=O)(=O)c2cc(C(=O)Nc3ccc(S(=O)(=O)Nc4c(C)cccc4C)cc3)ccc2Cl)c1. The second-order valence-corrected chi connectivity index (χ2v) is 13.2. The van der Waals surface area contributed by atoms with Gasteiger partial charge in [-0.05, 0) is 105 Å². The highest BCUT2D eigenvalue weighted by Crippen LogP contribution is 2.27. The lowest BCUT2D eigenvalue weighted by atomic mass is 10.1. The van der Waals surface area contributed by atoms with Crippen LogP contribution in [0.2, 0.25) is 5.02 Å². The number of anilines is 3. The normalized spacial score (nSPS) is 11.6. The molecule has 0 aliphatic carbocycles. The van der Waals surface area contributed by atoms with Crippen molar-refractivity contribution in [1.29, 1.82) is 0 Å². The van der Waals surface area contributed by atoms with E-state index in [4.69, 9.17) is 11.6 Å². The van der Waals surface area contributed by atoms with Crippen LogP contribution in [-0.4, -0.2) is 22.7 Å². The average molecular weight is 598 g/mol. The van der Waals surface area contributed by atoms with Crippen LogP contribution < -0.4 is 14.8 Å². The first-order valence-corrected chi connectivity index (χ1v) is 15.5. The van der Waals surface area contributed by atoms with Crippen LogP contribution in [0.4, 0.5) is 17.1 Å². The van der Waals surface area contributed by atoms with E-state index in [0.29, 0.717) is 17.1 Å². The van der Waals surface area contributed by atoms with Gasteiger partial charge in [-0.2, -0.15) is 0 Å². The lowest BCUT2D eigenvalue weighted by Crippen LogP contribution is -2.17. The van der Waals surface area contributed by atoms with Gasteiger partial charge in [0.1, 0.15) is 4.90 Å². The Morgan fingerprint density at radius 2 is 1.27 bits per heavy atom. The van der Waals surface area contributed by atoms with Crippen molar-refractivity contribution in [1.82, 2.24) is 0 Å². The van der Waals surface area contributed by atoms with Gasteiger partial charge in [0.15, 0.2) is 0 Å². The topological polar surface area (TPSA) is 121 Å².